The van der Waals surface area contributed by atoms with Crippen molar-refractivity contribution < 1.29 is 9.53 Å². The summed E-state index contributed by atoms with van der Waals surface area (Å²) in [5.74, 6) is -0.238. The molecule has 1 fully saturated rings. The number of esters is 1. The van der Waals surface area contributed by atoms with Gasteiger partial charge in [-0.3, -0.25) is 0 Å². The summed E-state index contributed by atoms with van der Waals surface area (Å²) in [7, 11) is 0. The Morgan fingerprint density at radius 3 is 2.89 bits per heavy atom. The Morgan fingerprint density at radius 2 is 2.16 bits per heavy atom. The number of fused-ring (bicyclic) bond motifs is 1. The molecular formula is C15H20N2O2. The SMILES string of the molecule is CCOC(=O)c1ccc2c(c1)NC1(CCNCC1)C2. The molecular weight excluding hydrogens is 240 g/mol. The van der Waals surface area contributed by atoms with Gasteiger partial charge in [0.05, 0.1) is 12.2 Å². The summed E-state index contributed by atoms with van der Waals surface area (Å²) in [4.78, 5) is 11.8. The van der Waals surface area contributed by atoms with E-state index in [9.17, 15) is 4.79 Å². The molecule has 2 heterocycles. The van der Waals surface area contributed by atoms with Crippen LogP contribution in [0.5, 0.6) is 0 Å². The van der Waals surface area contributed by atoms with Crippen LogP contribution >= 0.6 is 0 Å². The van der Waals surface area contributed by atoms with Gasteiger partial charge in [0.15, 0.2) is 0 Å². The topological polar surface area (TPSA) is 50.4 Å². The zero-order chi connectivity index (χ0) is 13.3. The van der Waals surface area contributed by atoms with E-state index in [0.717, 1.165) is 38.0 Å². The molecule has 2 N–H and O–H groups in total. The van der Waals surface area contributed by atoms with Crippen molar-refractivity contribution in [3.05, 3.63) is 29.3 Å². The number of anilines is 1. The van der Waals surface area contributed by atoms with Crippen molar-refractivity contribution >= 4 is 11.7 Å². The molecule has 0 bridgehead atoms. The second-order valence-corrected chi connectivity index (χ2v) is 5.42. The van der Waals surface area contributed by atoms with Crippen LogP contribution in [0, 0.1) is 0 Å². The zero-order valence-corrected chi connectivity index (χ0v) is 11.3. The average molecular weight is 260 g/mol. The smallest absolute Gasteiger partial charge is 0.338 e. The minimum Gasteiger partial charge on any atom is -0.462 e. The van der Waals surface area contributed by atoms with Crippen molar-refractivity contribution in [1.82, 2.24) is 5.32 Å². The highest BCUT2D eigenvalue weighted by atomic mass is 16.5. The van der Waals surface area contributed by atoms with Crippen LogP contribution in [0.25, 0.3) is 0 Å². The van der Waals surface area contributed by atoms with E-state index < -0.39 is 0 Å². The molecule has 102 valence electrons. The fourth-order valence-electron chi connectivity index (χ4n) is 3.09. The molecule has 4 nitrogen and oxygen atoms in total. The van der Waals surface area contributed by atoms with E-state index in [0.29, 0.717) is 12.2 Å². The lowest BCUT2D eigenvalue weighted by molar-refractivity contribution is 0.0526. The number of piperidine rings is 1. The Labute approximate surface area is 113 Å². The Bertz CT molecular complexity index is 493. The van der Waals surface area contributed by atoms with Gasteiger partial charge in [0.1, 0.15) is 0 Å². The van der Waals surface area contributed by atoms with Crippen molar-refractivity contribution in [3.8, 4) is 0 Å². The van der Waals surface area contributed by atoms with Gasteiger partial charge < -0.3 is 15.4 Å². The molecule has 4 heteroatoms. The van der Waals surface area contributed by atoms with Crippen LogP contribution in [-0.2, 0) is 11.2 Å². The van der Waals surface area contributed by atoms with Gasteiger partial charge in [-0.05, 0) is 57.0 Å². The highest BCUT2D eigenvalue weighted by Crippen LogP contribution is 2.38. The maximum Gasteiger partial charge on any atom is 0.338 e. The lowest BCUT2D eigenvalue weighted by atomic mass is 9.86. The molecule has 3 rings (SSSR count). The van der Waals surface area contributed by atoms with E-state index in [-0.39, 0.29) is 11.5 Å². The predicted molar refractivity (Wildman–Crippen MR) is 74.6 cm³/mol. The molecule has 1 aromatic rings. The quantitative estimate of drug-likeness (QED) is 0.798. The first-order valence-electron chi connectivity index (χ1n) is 7.01. The first kappa shape index (κ1) is 12.5. The third-order valence-corrected chi connectivity index (χ3v) is 4.11. The molecule has 0 aromatic heterocycles. The van der Waals surface area contributed by atoms with Gasteiger partial charge in [-0.1, -0.05) is 6.07 Å². The van der Waals surface area contributed by atoms with Gasteiger partial charge in [-0.2, -0.15) is 0 Å². The van der Waals surface area contributed by atoms with E-state index in [2.05, 4.69) is 16.7 Å². The molecule has 0 aliphatic carbocycles. The predicted octanol–water partition coefficient (Wildman–Crippen LogP) is 1.95. The van der Waals surface area contributed by atoms with Crippen molar-refractivity contribution in [3.63, 3.8) is 0 Å². The number of hydrogen-bond acceptors (Lipinski definition) is 4. The standard InChI is InChI=1S/C15H20N2O2/c1-2-19-14(18)11-3-4-12-10-15(17-13(12)9-11)5-7-16-8-6-15/h3-4,9,16-17H,2,5-8,10H2,1H3. The van der Waals surface area contributed by atoms with E-state index in [4.69, 9.17) is 4.74 Å². The van der Waals surface area contributed by atoms with Gasteiger partial charge >= 0.3 is 5.97 Å². The first-order chi connectivity index (χ1) is 9.22. The molecule has 19 heavy (non-hydrogen) atoms. The Kier molecular flexibility index (Phi) is 3.19. The van der Waals surface area contributed by atoms with Crippen LogP contribution in [0.3, 0.4) is 0 Å². The number of carbonyl (C=O) groups excluding carboxylic acids is 1. The fraction of sp³-hybridized carbons (Fsp3) is 0.533. The van der Waals surface area contributed by atoms with Crippen LogP contribution in [0.4, 0.5) is 5.69 Å². The van der Waals surface area contributed by atoms with Crippen molar-refractivity contribution in [2.24, 2.45) is 0 Å². The van der Waals surface area contributed by atoms with Crippen LogP contribution in [0.15, 0.2) is 18.2 Å². The minimum atomic E-state index is -0.238. The molecule has 0 saturated carbocycles. The number of rotatable bonds is 2. The number of benzene rings is 1. The van der Waals surface area contributed by atoms with E-state index in [1.54, 1.807) is 0 Å². The highest BCUT2D eigenvalue weighted by Gasteiger charge is 2.37. The molecule has 0 radical (unpaired) electrons. The fourth-order valence-corrected chi connectivity index (χ4v) is 3.09. The van der Waals surface area contributed by atoms with Crippen molar-refractivity contribution in [2.75, 3.05) is 25.0 Å². The number of ether oxygens (including phenoxy) is 1. The summed E-state index contributed by atoms with van der Waals surface area (Å²) in [6.45, 7) is 4.37. The first-order valence-corrected chi connectivity index (χ1v) is 7.01. The molecule has 0 atom stereocenters. The van der Waals surface area contributed by atoms with Crippen LogP contribution < -0.4 is 10.6 Å². The maximum atomic E-state index is 11.8. The summed E-state index contributed by atoms with van der Waals surface area (Å²) in [6.07, 6.45) is 3.33. The maximum absolute atomic E-state index is 11.8. The normalized spacial score (nSPS) is 19.8. The second kappa shape index (κ2) is 4.85. The number of hydrogen-bond donors (Lipinski definition) is 2. The van der Waals surface area contributed by atoms with Gasteiger partial charge in [0, 0.05) is 11.2 Å². The lowest BCUT2D eigenvalue weighted by Crippen LogP contribution is -2.46. The average Bonchev–Trinajstić information content (AvgIpc) is 2.76. The monoisotopic (exact) mass is 260 g/mol. The van der Waals surface area contributed by atoms with Crippen LogP contribution in [0.2, 0.25) is 0 Å². The molecule has 0 amide bonds. The third kappa shape index (κ3) is 2.32. The van der Waals surface area contributed by atoms with Crippen LogP contribution in [-0.4, -0.2) is 31.2 Å². The van der Waals surface area contributed by atoms with Gasteiger partial charge in [-0.25, -0.2) is 4.79 Å². The Morgan fingerprint density at radius 1 is 1.37 bits per heavy atom. The van der Waals surface area contributed by atoms with Gasteiger partial charge in [0.2, 0.25) is 0 Å². The van der Waals surface area contributed by atoms with Crippen LogP contribution in [0.1, 0.15) is 35.7 Å². The Hall–Kier alpha value is -1.55. The van der Waals surface area contributed by atoms with E-state index >= 15 is 0 Å². The van der Waals surface area contributed by atoms with E-state index in [1.807, 2.05) is 19.1 Å². The molecule has 1 saturated heterocycles. The third-order valence-electron chi connectivity index (χ3n) is 4.11. The van der Waals surface area contributed by atoms with Crippen molar-refractivity contribution in [1.29, 1.82) is 0 Å². The summed E-state index contributed by atoms with van der Waals surface area (Å²) in [6, 6.07) is 5.87. The van der Waals surface area contributed by atoms with Crippen molar-refractivity contribution in [2.45, 2.75) is 31.7 Å². The largest absolute Gasteiger partial charge is 0.462 e. The summed E-state index contributed by atoms with van der Waals surface area (Å²) < 4.78 is 5.05. The van der Waals surface area contributed by atoms with Gasteiger partial charge in [-0.15, -0.1) is 0 Å². The summed E-state index contributed by atoms with van der Waals surface area (Å²) >= 11 is 0. The van der Waals surface area contributed by atoms with Gasteiger partial charge in [0.25, 0.3) is 0 Å². The Balaban J connectivity index is 1.81. The molecule has 2 aliphatic heterocycles. The second-order valence-electron chi connectivity index (χ2n) is 5.42. The highest BCUT2D eigenvalue weighted by molar-refractivity contribution is 5.91. The molecule has 2 aliphatic rings. The summed E-state index contributed by atoms with van der Waals surface area (Å²) in [5.41, 5.74) is 3.25. The molecule has 1 aromatic carbocycles. The number of carbonyl (C=O) groups is 1. The zero-order valence-electron chi connectivity index (χ0n) is 11.3. The lowest BCUT2D eigenvalue weighted by Gasteiger charge is -2.34. The van der Waals surface area contributed by atoms with E-state index in [1.165, 1.54) is 5.56 Å². The minimum absolute atomic E-state index is 0.195. The molecule has 0 unspecified atom stereocenters. The number of nitrogens with one attached hydrogen (secondary N) is 2. The molecule has 1 spiro atoms. The summed E-state index contributed by atoms with van der Waals surface area (Å²) in [5, 5.41) is 7.03.